The zero-order valence-electron chi connectivity index (χ0n) is 9.23. The van der Waals surface area contributed by atoms with Crippen molar-refractivity contribution >= 4 is 23.1 Å². The molecular weight excluding hydrogens is 257 g/mol. The van der Waals surface area contributed by atoms with E-state index in [0.717, 1.165) is 0 Å². The maximum Gasteiger partial charge on any atom is 0.222 e. The fourth-order valence-corrected chi connectivity index (χ4v) is 1.66. The van der Waals surface area contributed by atoms with Crippen LogP contribution in [0.5, 0.6) is 0 Å². The lowest BCUT2D eigenvalue weighted by molar-refractivity contribution is 0.0988. The normalized spacial score (nSPS) is 10.3. The van der Waals surface area contributed by atoms with Gasteiger partial charge in [-0.05, 0) is 29.8 Å². The second-order valence-electron chi connectivity index (χ2n) is 3.63. The number of ketones is 1. The molecule has 0 spiro atoms. The van der Waals surface area contributed by atoms with Gasteiger partial charge < -0.3 is 5.73 Å². The van der Waals surface area contributed by atoms with Crippen LogP contribution >= 0.6 is 11.6 Å². The maximum atomic E-state index is 13.6. The topological polar surface area (TPSA) is 68.9 Å². The van der Waals surface area contributed by atoms with Crippen molar-refractivity contribution in [2.24, 2.45) is 0 Å². The summed E-state index contributed by atoms with van der Waals surface area (Å²) < 4.78 is 13.6. The minimum Gasteiger partial charge on any atom is -0.396 e. The fraction of sp³-hybridized carbons (Fsp3) is 0.0833. The summed E-state index contributed by atoms with van der Waals surface area (Å²) in [7, 11) is 0. The van der Waals surface area contributed by atoms with Crippen molar-refractivity contribution in [3.05, 3.63) is 52.8 Å². The summed E-state index contributed by atoms with van der Waals surface area (Å²) in [6.07, 6.45) is 1.39. The maximum absolute atomic E-state index is 13.6. The van der Waals surface area contributed by atoms with Gasteiger partial charge in [-0.2, -0.15) is 0 Å². The Bertz CT molecular complexity index is 604. The summed E-state index contributed by atoms with van der Waals surface area (Å²) in [5.41, 5.74) is 5.73. The molecule has 18 heavy (non-hydrogen) atoms. The number of hydrogen-bond donors (Lipinski definition) is 1. The monoisotopic (exact) mass is 265 g/mol. The lowest BCUT2D eigenvalue weighted by Gasteiger charge is -2.04. The summed E-state index contributed by atoms with van der Waals surface area (Å²) in [5.74, 6) is -1.11. The predicted octanol–water partition coefficient (Wildman–Crippen LogP) is 2.28. The highest BCUT2D eigenvalue weighted by atomic mass is 35.5. The Kier molecular flexibility index (Phi) is 3.53. The highest BCUT2D eigenvalue weighted by Gasteiger charge is 2.14. The molecule has 2 N–H and O–H groups in total. The van der Waals surface area contributed by atoms with Gasteiger partial charge in [-0.3, -0.25) is 4.79 Å². The highest BCUT2D eigenvalue weighted by Crippen LogP contribution is 2.16. The Morgan fingerprint density at radius 2 is 2.17 bits per heavy atom. The van der Waals surface area contributed by atoms with E-state index in [-0.39, 0.29) is 23.0 Å². The van der Waals surface area contributed by atoms with Crippen LogP contribution in [0.1, 0.15) is 16.1 Å². The van der Waals surface area contributed by atoms with Gasteiger partial charge in [0.05, 0.1) is 23.4 Å². The number of nitrogen functional groups attached to an aromatic ring is 1. The zero-order chi connectivity index (χ0) is 13.1. The smallest absolute Gasteiger partial charge is 0.222 e. The van der Waals surface area contributed by atoms with Crippen molar-refractivity contribution in [3.63, 3.8) is 0 Å². The number of halogens is 2. The van der Waals surface area contributed by atoms with Gasteiger partial charge in [0, 0.05) is 6.20 Å². The Morgan fingerprint density at radius 1 is 1.39 bits per heavy atom. The quantitative estimate of drug-likeness (QED) is 0.525. The standard InChI is InChI=1S/C12H9ClFN3O/c13-12-16-5-4-7(17-12)6-10(18)8-2-1-3-9(15)11(8)14/h1-5H,6,15H2. The van der Waals surface area contributed by atoms with E-state index in [1.54, 1.807) is 6.07 Å². The van der Waals surface area contributed by atoms with E-state index in [0.29, 0.717) is 5.69 Å². The third-order valence-electron chi connectivity index (χ3n) is 2.35. The van der Waals surface area contributed by atoms with Gasteiger partial charge in [0.1, 0.15) is 0 Å². The summed E-state index contributed by atoms with van der Waals surface area (Å²) in [6.45, 7) is 0. The SMILES string of the molecule is Nc1cccc(C(=O)Cc2ccnc(Cl)n2)c1F. The summed E-state index contributed by atoms with van der Waals surface area (Å²) >= 11 is 5.60. The average Bonchev–Trinajstić information content (AvgIpc) is 2.32. The van der Waals surface area contributed by atoms with Crippen molar-refractivity contribution in [1.29, 1.82) is 0 Å². The van der Waals surface area contributed by atoms with Crippen molar-refractivity contribution in [1.82, 2.24) is 9.97 Å². The molecule has 0 fully saturated rings. The van der Waals surface area contributed by atoms with Crippen molar-refractivity contribution in [2.75, 3.05) is 5.73 Å². The van der Waals surface area contributed by atoms with Crippen LogP contribution in [0.2, 0.25) is 5.28 Å². The molecule has 4 nitrogen and oxygen atoms in total. The number of hydrogen-bond acceptors (Lipinski definition) is 4. The molecule has 0 saturated heterocycles. The number of nitrogens with zero attached hydrogens (tertiary/aromatic N) is 2. The number of rotatable bonds is 3. The number of aromatic nitrogens is 2. The average molecular weight is 266 g/mol. The minimum absolute atomic E-state index is 0.0494. The molecule has 0 unspecified atom stereocenters. The van der Waals surface area contributed by atoms with E-state index >= 15 is 0 Å². The molecule has 0 aliphatic rings. The summed E-state index contributed by atoms with van der Waals surface area (Å²) in [5, 5.41) is 0.0494. The van der Waals surface area contributed by atoms with Gasteiger partial charge in [-0.15, -0.1) is 0 Å². The molecule has 0 amide bonds. The van der Waals surface area contributed by atoms with Crippen LogP contribution in [0, 0.1) is 5.82 Å². The molecule has 0 bridgehead atoms. The van der Waals surface area contributed by atoms with Gasteiger partial charge in [0.15, 0.2) is 11.6 Å². The molecule has 92 valence electrons. The number of carbonyl (C=O) groups is 1. The summed E-state index contributed by atoms with van der Waals surface area (Å²) in [4.78, 5) is 19.5. The molecular formula is C12H9ClFN3O. The van der Waals surface area contributed by atoms with Crippen molar-refractivity contribution in [2.45, 2.75) is 6.42 Å². The Hall–Kier alpha value is -2.01. The molecule has 1 aromatic carbocycles. The molecule has 0 aliphatic heterocycles. The molecule has 2 aromatic rings. The van der Waals surface area contributed by atoms with Crippen LogP contribution < -0.4 is 5.73 Å². The van der Waals surface area contributed by atoms with Crippen LogP contribution in [-0.2, 0) is 6.42 Å². The van der Waals surface area contributed by atoms with Gasteiger partial charge >= 0.3 is 0 Å². The second kappa shape index (κ2) is 5.10. The first-order valence-electron chi connectivity index (χ1n) is 5.12. The first-order chi connectivity index (χ1) is 8.58. The van der Waals surface area contributed by atoms with Crippen molar-refractivity contribution < 1.29 is 9.18 Å². The molecule has 0 atom stereocenters. The number of Topliss-reactive ketones (excluding diaryl/α,β-unsaturated/α-hetero) is 1. The Morgan fingerprint density at radius 3 is 2.89 bits per heavy atom. The van der Waals surface area contributed by atoms with Crippen LogP contribution in [-0.4, -0.2) is 15.8 Å². The molecule has 6 heteroatoms. The number of benzene rings is 1. The molecule has 0 radical (unpaired) electrons. The van der Waals surface area contributed by atoms with Gasteiger partial charge in [-0.25, -0.2) is 14.4 Å². The molecule has 1 heterocycles. The van der Waals surface area contributed by atoms with E-state index < -0.39 is 11.6 Å². The van der Waals surface area contributed by atoms with Crippen LogP contribution in [0.15, 0.2) is 30.5 Å². The number of anilines is 1. The first kappa shape index (κ1) is 12.4. The second-order valence-corrected chi connectivity index (χ2v) is 3.96. The zero-order valence-corrected chi connectivity index (χ0v) is 9.99. The predicted molar refractivity (Wildman–Crippen MR) is 65.9 cm³/mol. The number of carbonyl (C=O) groups excluding carboxylic acids is 1. The molecule has 0 saturated carbocycles. The highest BCUT2D eigenvalue weighted by molar-refractivity contribution is 6.28. The van der Waals surface area contributed by atoms with Crippen molar-refractivity contribution in [3.8, 4) is 0 Å². The van der Waals surface area contributed by atoms with Crippen LogP contribution in [0.3, 0.4) is 0 Å². The van der Waals surface area contributed by atoms with Gasteiger partial charge in [0.2, 0.25) is 5.28 Å². The lowest BCUT2D eigenvalue weighted by Crippen LogP contribution is -2.09. The fourth-order valence-electron chi connectivity index (χ4n) is 1.49. The van der Waals surface area contributed by atoms with E-state index in [4.69, 9.17) is 17.3 Å². The lowest BCUT2D eigenvalue weighted by atomic mass is 10.1. The largest absolute Gasteiger partial charge is 0.396 e. The van der Waals surface area contributed by atoms with E-state index in [1.165, 1.54) is 24.4 Å². The first-order valence-corrected chi connectivity index (χ1v) is 5.50. The molecule has 2 rings (SSSR count). The Labute approximate surface area is 108 Å². The van der Waals surface area contributed by atoms with E-state index in [2.05, 4.69) is 9.97 Å². The van der Waals surface area contributed by atoms with Crippen LogP contribution in [0.25, 0.3) is 0 Å². The van der Waals surface area contributed by atoms with Crippen LogP contribution in [0.4, 0.5) is 10.1 Å². The molecule has 1 aromatic heterocycles. The minimum atomic E-state index is -0.706. The third-order valence-corrected chi connectivity index (χ3v) is 2.54. The van der Waals surface area contributed by atoms with E-state index in [1.807, 2.05) is 0 Å². The Balaban J connectivity index is 2.25. The molecule has 0 aliphatic carbocycles. The van der Waals surface area contributed by atoms with Gasteiger partial charge in [-0.1, -0.05) is 6.07 Å². The third kappa shape index (κ3) is 2.62. The number of nitrogens with two attached hydrogens (primary N) is 1. The van der Waals surface area contributed by atoms with E-state index in [9.17, 15) is 9.18 Å². The summed E-state index contributed by atoms with van der Waals surface area (Å²) in [6, 6.07) is 5.86. The van der Waals surface area contributed by atoms with Gasteiger partial charge in [0.25, 0.3) is 0 Å².